The van der Waals surface area contributed by atoms with Gasteiger partial charge in [-0.15, -0.1) is 0 Å². The lowest BCUT2D eigenvalue weighted by atomic mass is 10.2. The van der Waals surface area contributed by atoms with E-state index in [1.807, 2.05) is 0 Å². The predicted molar refractivity (Wildman–Crippen MR) is 78.3 cm³/mol. The summed E-state index contributed by atoms with van der Waals surface area (Å²) in [4.78, 5) is 25.4. The number of hydrogen-bond donors (Lipinski definition) is 1. The van der Waals surface area contributed by atoms with Crippen molar-refractivity contribution in [3.63, 3.8) is 0 Å². The summed E-state index contributed by atoms with van der Waals surface area (Å²) in [7, 11) is 1.62. The topological polar surface area (TPSA) is 49.4 Å². The fraction of sp³-hybridized carbons (Fsp3) is 0.429. The first-order valence-electron chi connectivity index (χ1n) is 6.41. The maximum absolute atomic E-state index is 13.8. The summed E-state index contributed by atoms with van der Waals surface area (Å²) in [5, 5.41) is 2.34. The zero-order valence-electron chi connectivity index (χ0n) is 11.5. The van der Waals surface area contributed by atoms with Crippen LogP contribution in [0.4, 0.5) is 10.1 Å². The Morgan fingerprint density at radius 2 is 2.20 bits per heavy atom. The van der Waals surface area contributed by atoms with E-state index in [0.29, 0.717) is 5.56 Å². The molecule has 2 rings (SSSR count). The molecule has 20 heavy (non-hydrogen) atoms. The second-order valence-corrected chi connectivity index (χ2v) is 5.97. The number of hydrogen-bond acceptors (Lipinski definition) is 3. The summed E-state index contributed by atoms with van der Waals surface area (Å²) in [6.45, 7) is 1.61. The molecular weight excluding hydrogens is 279 g/mol. The van der Waals surface area contributed by atoms with Crippen LogP contribution < -0.4 is 5.32 Å². The van der Waals surface area contributed by atoms with Crippen LogP contribution in [0.1, 0.15) is 12.0 Å². The van der Waals surface area contributed by atoms with Gasteiger partial charge in [0.1, 0.15) is 5.82 Å². The third-order valence-corrected chi connectivity index (χ3v) is 4.55. The number of carbonyl (C=O) groups is 2. The summed E-state index contributed by atoms with van der Waals surface area (Å²) in [5.41, 5.74) is 0.466. The predicted octanol–water partition coefficient (Wildman–Crippen LogP) is 2.04. The highest BCUT2D eigenvalue weighted by molar-refractivity contribution is 7.99. The average Bonchev–Trinajstić information content (AvgIpc) is 2.96. The van der Waals surface area contributed by atoms with Gasteiger partial charge in [0.05, 0.1) is 5.69 Å². The van der Waals surface area contributed by atoms with Crippen molar-refractivity contribution >= 4 is 29.3 Å². The molecule has 1 aliphatic heterocycles. The van der Waals surface area contributed by atoms with Gasteiger partial charge in [-0.3, -0.25) is 9.59 Å². The van der Waals surface area contributed by atoms with Crippen LogP contribution in [0, 0.1) is 12.7 Å². The quantitative estimate of drug-likeness (QED) is 0.850. The maximum Gasteiger partial charge on any atom is 0.313 e. The molecule has 4 nitrogen and oxygen atoms in total. The zero-order chi connectivity index (χ0) is 14.7. The normalized spacial score (nSPS) is 17.9. The molecule has 6 heteroatoms. The number of nitrogens with one attached hydrogen (secondary N) is 1. The Labute approximate surface area is 121 Å². The molecule has 1 unspecified atom stereocenters. The highest BCUT2D eigenvalue weighted by atomic mass is 32.2. The number of halogens is 1. The molecule has 0 radical (unpaired) electrons. The van der Waals surface area contributed by atoms with E-state index in [-0.39, 0.29) is 11.7 Å². The summed E-state index contributed by atoms with van der Waals surface area (Å²) in [6.07, 6.45) is 0.888. The fourth-order valence-corrected chi connectivity index (χ4v) is 3.34. The first-order chi connectivity index (χ1) is 9.50. The van der Waals surface area contributed by atoms with Crippen molar-refractivity contribution in [2.24, 2.45) is 0 Å². The molecule has 0 saturated carbocycles. The van der Waals surface area contributed by atoms with Gasteiger partial charge in [-0.1, -0.05) is 12.1 Å². The molecular formula is C14H17FN2O2S. The largest absolute Gasteiger partial charge is 0.334 e. The molecule has 1 fully saturated rings. The lowest BCUT2D eigenvalue weighted by Gasteiger charge is -2.23. The second kappa shape index (κ2) is 6.26. The van der Waals surface area contributed by atoms with E-state index in [9.17, 15) is 14.0 Å². The SMILES string of the molecule is Cc1cccc(NC(=O)C(=O)N(C)C2CCSC2)c1F. The van der Waals surface area contributed by atoms with Crippen LogP contribution in [0.2, 0.25) is 0 Å². The molecule has 1 heterocycles. The molecule has 2 amide bonds. The molecule has 1 aliphatic rings. The molecule has 1 aromatic rings. The number of nitrogens with zero attached hydrogens (tertiary/aromatic N) is 1. The van der Waals surface area contributed by atoms with Gasteiger partial charge in [-0.25, -0.2) is 4.39 Å². The van der Waals surface area contributed by atoms with Crippen molar-refractivity contribution in [3.8, 4) is 0 Å². The van der Waals surface area contributed by atoms with E-state index in [1.165, 1.54) is 11.0 Å². The minimum Gasteiger partial charge on any atom is -0.334 e. The van der Waals surface area contributed by atoms with Gasteiger partial charge in [0.2, 0.25) is 0 Å². The first-order valence-corrected chi connectivity index (χ1v) is 7.57. The number of thioether (sulfide) groups is 1. The summed E-state index contributed by atoms with van der Waals surface area (Å²) < 4.78 is 13.8. The van der Waals surface area contributed by atoms with Crippen molar-refractivity contribution in [2.45, 2.75) is 19.4 Å². The Kier molecular flexibility index (Phi) is 4.65. The Bertz CT molecular complexity index is 530. The van der Waals surface area contributed by atoms with Crippen LogP contribution >= 0.6 is 11.8 Å². The van der Waals surface area contributed by atoms with Gasteiger partial charge in [0.15, 0.2) is 0 Å². The lowest BCUT2D eigenvalue weighted by Crippen LogP contribution is -2.43. The number of carbonyl (C=O) groups excluding carboxylic acids is 2. The van der Waals surface area contributed by atoms with Crippen LogP contribution in [0.25, 0.3) is 0 Å². The minimum absolute atomic E-state index is 0.0394. The third kappa shape index (κ3) is 3.12. The zero-order valence-corrected chi connectivity index (χ0v) is 12.3. The number of amides is 2. The third-order valence-electron chi connectivity index (χ3n) is 3.41. The average molecular weight is 296 g/mol. The van der Waals surface area contributed by atoms with Crippen LogP contribution in [0.5, 0.6) is 0 Å². The maximum atomic E-state index is 13.8. The number of rotatable bonds is 2. The van der Waals surface area contributed by atoms with Crippen molar-refractivity contribution in [1.29, 1.82) is 0 Å². The van der Waals surface area contributed by atoms with E-state index in [0.717, 1.165) is 17.9 Å². The Morgan fingerprint density at radius 3 is 2.85 bits per heavy atom. The highest BCUT2D eigenvalue weighted by Crippen LogP contribution is 2.22. The van der Waals surface area contributed by atoms with E-state index >= 15 is 0 Å². The standard InChI is InChI=1S/C14H17FN2O2S/c1-9-4-3-5-11(12(9)15)16-13(18)14(19)17(2)10-6-7-20-8-10/h3-5,10H,6-8H2,1-2H3,(H,16,18). The van der Waals surface area contributed by atoms with Crippen LogP contribution in [-0.4, -0.2) is 41.3 Å². The number of benzene rings is 1. The summed E-state index contributed by atoms with van der Waals surface area (Å²) in [6, 6.07) is 4.77. The Hall–Kier alpha value is -1.56. The van der Waals surface area contributed by atoms with Crippen LogP contribution in [0.3, 0.4) is 0 Å². The van der Waals surface area contributed by atoms with Crippen molar-refractivity contribution in [1.82, 2.24) is 4.90 Å². The van der Waals surface area contributed by atoms with Gasteiger partial charge in [0, 0.05) is 18.8 Å². The Morgan fingerprint density at radius 1 is 1.45 bits per heavy atom. The minimum atomic E-state index is -0.797. The monoisotopic (exact) mass is 296 g/mol. The highest BCUT2D eigenvalue weighted by Gasteiger charge is 2.28. The molecule has 108 valence electrons. The fourth-order valence-electron chi connectivity index (χ4n) is 2.07. The Balaban J connectivity index is 2.04. The summed E-state index contributed by atoms with van der Waals surface area (Å²) >= 11 is 1.76. The molecule has 0 spiro atoms. The van der Waals surface area contributed by atoms with Gasteiger partial charge >= 0.3 is 11.8 Å². The first kappa shape index (κ1) is 14.8. The number of likely N-dealkylation sites (N-methyl/N-ethyl adjacent to an activating group) is 1. The van der Waals surface area contributed by atoms with Gasteiger partial charge in [-0.05, 0) is 30.7 Å². The van der Waals surface area contributed by atoms with Gasteiger partial charge in [-0.2, -0.15) is 11.8 Å². The molecule has 1 atom stereocenters. The van der Waals surface area contributed by atoms with E-state index in [2.05, 4.69) is 5.32 Å². The smallest absolute Gasteiger partial charge is 0.313 e. The van der Waals surface area contributed by atoms with E-state index < -0.39 is 17.6 Å². The van der Waals surface area contributed by atoms with Crippen LogP contribution in [-0.2, 0) is 9.59 Å². The van der Waals surface area contributed by atoms with Crippen molar-refractivity contribution < 1.29 is 14.0 Å². The lowest BCUT2D eigenvalue weighted by molar-refractivity contribution is -0.143. The molecule has 0 aliphatic carbocycles. The molecule has 0 bridgehead atoms. The molecule has 0 aromatic heterocycles. The summed E-state index contributed by atoms with van der Waals surface area (Å²) in [5.74, 6) is -0.0925. The second-order valence-electron chi connectivity index (χ2n) is 4.82. The molecule has 1 N–H and O–H groups in total. The van der Waals surface area contributed by atoms with Crippen molar-refractivity contribution in [2.75, 3.05) is 23.9 Å². The molecule has 1 saturated heterocycles. The molecule has 1 aromatic carbocycles. The van der Waals surface area contributed by atoms with Gasteiger partial charge < -0.3 is 10.2 Å². The van der Waals surface area contributed by atoms with Gasteiger partial charge in [0.25, 0.3) is 0 Å². The number of anilines is 1. The van der Waals surface area contributed by atoms with Crippen molar-refractivity contribution in [3.05, 3.63) is 29.6 Å². The van der Waals surface area contributed by atoms with E-state index in [1.54, 1.807) is 37.9 Å². The number of aryl methyl sites for hydroxylation is 1. The van der Waals surface area contributed by atoms with E-state index in [4.69, 9.17) is 0 Å². The van der Waals surface area contributed by atoms with Crippen LogP contribution in [0.15, 0.2) is 18.2 Å².